The second kappa shape index (κ2) is 4.42. The molecule has 0 aromatic carbocycles. The summed E-state index contributed by atoms with van der Waals surface area (Å²) in [7, 11) is 2.00. The van der Waals surface area contributed by atoms with Gasteiger partial charge in [-0.2, -0.15) is 0 Å². The lowest BCUT2D eigenvalue weighted by Crippen LogP contribution is -2.15. The minimum Gasteiger partial charge on any atom is -0.391 e. The molecule has 0 aromatic heterocycles. The van der Waals surface area contributed by atoms with Gasteiger partial charge in [-0.15, -0.1) is 0 Å². The van der Waals surface area contributed by atoms with E-state index in [1.807, 2.05) is 7.05 Å². The maximum Gasteiger partial charge on any atom is 0.0122 e. The van der Waals surface area contributed by atoms with Crippen molar-refractivity contribution >= 4 is 0 Å². The minimum absolute atomic E-state index is 0.613. The van der Waals surface area contributed by atoms with Crippen LogP contribution in [0.5, 0.6) is 0 Å². The van der Waals surface area contributed by atoms with Crippen molar-refractivity contribution in [3.05, 3.63) is 11.3 Å². The second-order valence-corrected chi connectivity index (χ2v) is 3.66. The van der Waals surface area contributed by atoms with Crippen LogP contribution in [0, 0.1) is 11.8 Å². The molecule has 0 amide bonds. The van der Waals surface area contributed by atoms with E-state index in [0.29, 0.717) is 11.8 Å². The van der Waals surface area contributed by atoms with Crippen molar-refractivity contribution < 1.29 is 0 Å². The van der Waals surface area contributed by atoms with Gasteiger partial charge >= 0.3 is 0 Å². The summed E-state index contributed by atoms with van der Waals surface area (Å²) in [5.41, 5.74) is 2.86. The van der Waals surface area contributed by atoms with Crippen molar-refractivity contribution in [2.75, 3.05) is 7.05 Å². The predicted molar refractivity (Wildman–Crippen MR) is 51.4 cm³/mol. The first-order valence-electron chi connectivity index (χ1n) is 4.39. The minimum atomic E-state index is 0.613. The predicted octanol–water partition coefficient (Wildman–Crippen LogP) is 2.79. The van der Waals surface area contributed by atoms with Gasteiger partial charge in [-0.05, 0) is 18.8 Å². The Hall–Kier alpha value is -0.460. The molecule has 11 heavy (non-hydrogen) atoms. The van der Waals surface area contributed by atoms with Gasteiger partial charge in [0.05, 0.1) is 0 Å². The van der Waals surface area contributed by atoms with Crippen molar-refractivity contribution in [1.29, 1.82) is 0 Å². The largest absolute Gasteiger partial charge is 0.391 e. The highest BCUT2D eigenvalue weighted by atomic mass is 14.8. The van der Waals surface area contributed by atoms with Crippen LogP contribution in [0.2, 0.25) is 0 Å². The lowest BCUT2D eigenvalue weighted by Gasteiger charge is -2.17. The quantitative estimate of drug-likeness (QED) is 0.661. The fourth-order valence-corrected chi connectivity index (χ4v) is 1.25. The molecule has 66 valence electrons. The second-order valence-electron chi connectivity index (χ2n) is 3.66. The highest BCUT2D eigenvalue weighted by Crippen LogP contribution is 2.17. The van der Waals surface area contributed by atoms with Crippen LogP contribution in [0.3, 0.4) is 0 Å². The van der Waals surface area contributed by atoms with Crippen molar-refractivity contribution in [2.45, 2.75) is 34.6 Å². The molecular formula is C10H21N. The Bertz CT molecular complexity index is 143. The molecule has 0 unspecified atom stereocenters. The average molecular weight is 155 g/mol. The van der Waals surface area contributed by atoms with Gasteiger partial charge in [0.1, 0.15) is 0 Å². The number of hydrogen-bond donors (Lipinski definition) is 1. The normalized spacial score (nSPS) is 13.8. The molecular weight excluding hydrogens is 134 g/mol. The molecule has 1 N–H and O–H groups in total. The summed E-state index contributed by atoms with van der Waals surface area (Å²) in [6.45, 7) is 11.1. The Kier molecular flexibility index (Phi) is 4.24. The third kappa shape index (κ3) is 2.96. The van der Waals surface area contributed by atoms with Crippen molar-refractivity contribution in [3.63, 3.8) is 0 Å². The Morgan fingerprint density at radius 2 is 1.45 bits per heavy atom. The first-order chi connectivity index (χ1) is 5.00. The van der Waals surface area contributed by atoms with Gasteiger partial charge in [-0.1, -0.05) is 33.3 Å². The Morgan fingerprint density at radius 1 is 1.00 bits per heavy atom. The van der Waals surface area contributed by atoms with E-state index >= 15 is 0 Å². The van der Waals surface area contributed by atoms with Crippen LogP contribution < -0.4 is 5.32 Å². The van der Waals surface area contributed by atoms with Gasteiger partial charge in [0.25, 0.3) is 0 Å². The Morgan fingerprint density at radius 3 is 1.55 bits per heavy atom. The smallest absolute Gasteiger partial charge is 0.0122 e. The zero-order valence-corrected chi connectivity index (χ0v) is 8.65. The van der Waals surface area contributed by atoms with Crippen molar-refractivity contribution in [1.82, 2.24) is 5.32 Å². The van der Waals surface area contributed by atoms with Gasteiger partial charge in [-0.3, -0.25) is 0 Å². The SMILES string of the molecule is CN/C(=C(/C)C(C)C)C(C)C. The molecule has 0 heterocycles. The molecule has 0 saturated heterocycles. The molecule has 0 aliphatic carbocycles. The average Bonchev–Trinajstić information content (AvgIpc) is 1.88. The van der Waals surface area contributed by atoms with E-state index in [1.165, 1.54) is 11.3 Å². The van der Waals surface area contributed by atoms with Gasteiger partial charge < -0.3 is 5.32 Å². The lowest BCUT2D eigenvalue weighted by atomic mass is 9.97. The van der Waals surface area contributed by atoms with E-state index < -0.39 is 0 Å². The van der Waals surface area contributed by atoms with E-state index in [9.17, 15) is 0 Å². The van der Waals surface area contributed by atoms with Gasteiger partial charge in [0.15, 0.2) is 0 Å². The van der Waals surface area contributed by atoms with Crippen LogP contribution in [0.25, 0.3) is 0 Å². The molecule has 0 bridgehead atoms. The summed E-state index contributed by atoms with van der Waals surface area (Å²) in [4.78, 5) is 0. The molecule has 1 nitrogen and oxygen atoms in total. The maximum atomic E-state index is 3.26. The molecule has 0 aliphatic rings. The zero-order chi connectivity index (χ0) is 9.02. The van der Waals surface area contributed by atoms with E-state index in [0.717, 1.165) is 0 Å². The number of nitrogens with one attached hydrogen (secondary N) is 1. The first-order valence-corrected chi connectivity index (χ1v) is 4.39. The molecule has 0 aromatic rings. The van der Waals surface area contributed by atoms with Crippen LogP contribution in [0.15, 0.2) is 11.3 Å². The third-order valence-electron chi connectivity index (χ3n) is 2.14. The molecule has 0 fully saturated rings. The van der Waals surface area contributed by atoms with E-state index in [1.54, 1.807) is 0 Å². The Labute approximate surface area is 70.9 Å². The fourth-order valence-electron chi connectivity index (χ4n) is 1.25. The highest BCUT2D eigenvalue weighted by Gasteiger charge is 2.07. The molecule has 0 radical (unpaired) electrons. The van der Waals surface area contributed by atoms with E-state index in [-0.39, 0.29) is 0 Å². The lowest BCUT2D eigenvalue weighted by molar-refractivity contribution is 0.643. The monoisotopic (exact) mass is 155 g/mol. The van der Waals surface area contributed by atoms with Gasteiger partial charge in [0, 0.05) is 12.7 Å². The first kappa shape index (κ1) is 10.5. The Balaban J connectivity index is 4.54. The number of hydrogen-bond acceptors (Lipinski definition) is 1. The molecule has 0 rings (SSSR count). The van der Waals surface area contributed by atoms with Crippen molar-refractivity contribution in [3.8, 4) is 0 Å². The fraction of sp³-hybridized carbons (Fsp3) is 0.800. The summed E-state index contributed by atoms with van der Waals surface area (Å²) in [5.74, 6) is 1.27. The van der Waals surface area contributed by atoms with Gasteiger partial charge in [0.2, 0.25) is 0 Å². The van der Waals surface area contributed by atoms with Crippen molar-refractivity contribution in [2.24, 2.45) is 11.8 Å². The van der Waals surface area contributed by atoms with Gasteiger partial charge in [-0.25, -0.2) is 0 Å². The molecule has 0 spiro atoms. The topological polar surface area (TPSA) is 12.0 Å². The molecule has 0 aliphatic heterocycles. The van der Waals surface area contributed by atoms with Crippen LogP contribution in [0.1, 0.15) is 34.6 Å². The van der Waals surface area contributed by atoms with Crippen LogP contribution in [-0.2, 0) is 0 Å². The zero-order valence-electron chi connectivity index (χ0n) is 8.65. The summed E-state index contributed by atoms with van der Waals surface area (Å²) in [6.07, 6.45) is 0. The maximum absolute atomic E-state index is 3.26. The standard InChI is InChI=1S/C10H21N/c1-7(2)9(5)10(11-6)8(3)4/h7-8,11H,1-6H3/b10-9-. The van der Waals surface area contributed by atoms with E-state index in [2.05, 4.69) is 39.9 Å². The summed E-state index contributed by atoms with van der Waals surface area (Å²) in [5, 5.41) is 3.26. The molecule has 0 saturated carbocycles. The number of allylic oxidation sites excluding steroid dienone is 2. The third-order valence-corrected chi connectivity index (χ3v) is 2.14. The van der Waals surface area contributed by atoms with Crippen LogP contribution in [0.4, 0.5) is 0 Å². The van der Waals surface area contributed by atoms with Crippen LogP contribution in [-0.4, -0.2) is 7.05 Å². The summed E-state index contributed by atoms with van der Waals surface area (Å²) in [6, 6.07) is 0. The molecule has 0 atom stereocenters. The summed E-state index contributed by atoms with van der Waals surface area (Å²) < 4.78 is 0. The summed E-state index contributed by atoms with van der Waals surface area (Å²) >= 11 is 0. The van der Waals surface area contributed by atoms with Crippen LogP contribution >= 0.6 is 0 Å². The highest BCUT2D eigenvalue weighted by molar-refractivity contribution is 5.13. The van der Waals surface area contributed by atoms with E-state index in [4.69, 9.17) is 0 Å². The number of rotatable bonds is 3. The molecule has 1 heteroatoms.